The number of likely N-dealkylation sites (N-methyl/N-ethyl adjacent to an activating group) is 1. The van der Waals surface area contributed by atoms with Crippen LogP contribution >= 0.6 is 11.3 Å². The van der Waals surface area contributed by atoms with Gasteiger partial charge in [0.1, 0.15) is 22.1 Å². The molecule has 9 heteroatoms. The lowest BCUT2D eigenvalue weighted by molar-refractivity contribution is 0.0702. The van der Waals surface area contributed by atoms with Crippen LogP contribution in [0.2, 0.25) is 0 Å². The number of rotatable bonds is 5. The van der Waals surface area contributed by atoms with Gasteiger partial charge in [-0.25, -0.2) is 13.2 Å². The van der Waals surface area contributed by atoms with Gasteiger partial charge >= 0.3 is 5.97 Å². The first-order valence-corrected chi connectivity index (χ1v) is 13.5. The quantitative estimate of drug-likeness (QED) is 0.511. The lowest BCUT2D eigenvalue weighted by Crippen LogP contribution is -2.40. The molecule has 2 aliphatic heterocycles. The molecular weight excluding hydrogens is 472 g/mol. The van der Waals surface area contributed by atoms with Crippen LogP contribution < -0.4 is 9.64 Å². The predicted molar refractivity (Wildman–Crippen MR) is 133 cm³/mol. The first kappa shape index (κ1) is 22.9. The minimum atomic E-state index is -3.80. The van der Waals surface area contributed by atoms with E-state index in [-0.39, 0.29) is 22.4 Å². The number of carbonyl (C=O) groups is 1. The second-order valence-electron chi connectivity index (χ2n) is 8.62. The summed E-state index contributed by atoms with van der Waals surface area (Å²) in [5.74, 6) is -0.441. The van der Waals surface area contributed by atoms with Crippen LogP contribution in [0.15, 0.2) is 53.4 Å². The van der Waals surface area contributed by atoms with Gasteiger partial charge in [0.15, 0.2) is 0 Å². The molecule has 0 aliphatic carbocycles. The second kappa shape index (κ2) is 8.72. The summed E-state index contributed by atoms with van der Waals surface area (Å²) in [6.07, 6.45) is 2.67. The first-order valence-electron chi connectivity index (χ1n) is 11.3. The van der Waals surface area contributed by atoms with Crippen LogP contribution in [0.25, 0.3) is 11.1 Å². The molecular formula is C25H26N2O5S2. The summed E-state index contributed by atoms with van der Waals surface area (Å²) in [6, 6.07) is 14.7. The molecule has 1 N–H and O–H groups in total. The van der Waals surface area contributed by atoms with Crippen LogP contribution in [-0.2, 0) is 16.6 Å². The van der Waals surface area contributed by atoms with Gasteiger partial charge in [-0.2, -0.15) is 4.31 Å². The zero-order valence-corrected chi connectivity index (χ0v) is 20.7. The molecule has 1 aromatic heterocycles. The molecule has 2 aliphatic rings. The molecule has 0 fully saturated rings. The summed E-state index contributed by atoms with van der Waals surface area (Å²) in [4.78, 5) is 14.8. The number of hydrogen-bond acceptors (Lipinski definition) is 6. The van der Waals surface area contributed by atoms with Gasteiger partial charge in [-0.3, -0.25) is 0 Å². The fraction of sp³-hybridized carbons (Fsp3) is 0.320. The molecule has 0 amide bonds. The van der Waals surface area contributed by atoms with Gasteiger partial charge in [-0.05, 0) is 30.7 Å². The Kier molecular flexibility index (Phi) is 5.87. The van der Waals surface area contributed by atoms with Crippen LogP contribution in [0.1, 0.15) is 40.7 Å². The molecule has 178 valence electrons. The van der Waals surface area contributed by atoms with Crippen molar-refractivity contribution in [1.82, 2.24) is 4.31 Å². The Morgan fingerprint density at radius 3 is 2.65 bits per heavy atom. The Bertz CT molecular complexity index is 1350. The third-order valence-corrected chi connectivity index (χ3v) is 9.58. The molecule has 0 saturated carbocycles. The van der Waals surface area contributed by atoms with Crippen LogP contribution in [0, 0.1) is 0 Å². The van der Waals surface area contributed by atoms with Crippen LogP contribution in [-0.4, -0.2) is 43.4 Å². The van der Waals surface area contributed by atoms with Crippen LogP contribution in [0.5, 0.6) is 5.75 Å². The van der Waals surface area contributed by atoms with Crippen molar-refractivity contribution in [3.8, 4) is 16.9 Å². The topological polar surface area (TPSA) is 87.2 Å². The van der Waals surface area contributed by atoms with E-state index in [0.717, 1.165) is 46.7 Å². The summed E-state index contributed by atoms with van der Waals surface area (Å²) in [5, 5.41) is 9.45. The number of carboxylic acids is 1. The van der Waals surface area contributed by atoms with Crippen molar-refractivity contribution in [2.45, 2.75) is 43.7 Å². The van der Waals surface area contributed by atoms with Crippen molar-refractivity contribution in [3.05, 3.63) is 58.3 Å². The number of thiophene rings is 1. The van der Waals surface area contributed by atoms with E-state index >= 15 is 0 Å². The summed E-state index contributed by atoms with van der Waals surface area (Å²) < 4.78 is 35.2. The molecule has 2 aromatic carbocycles. The third kappa shape index (κ3) is 3.77. The monoisotopic (exact) mass is 498 g/mol. The van der Waals surface area contributed by atoms with Crippen molar-refractivity contribution in [1.29, 1.82) is 0 Å². The number of anilines is 2. The van der Waals surface area contributed by atoms with Crippen molar-refractivity contribution < 1.29 is 23.1 Å². The number of para-hydroxylation sites is 1. The molecule has 34 heavy (non-hydrogen) atoms. The van der Waals surface area contributed by atoms with E-state index in [0.29, 0.717) is 23.5 Å². The second-order valence-corrected chi connectivity index (χ2v) is 11.7. The fourth-order valence-electron chi connectivity index (χ4n) is 4.65. The van der Waals surface area contributed by atoms with Gasteiger partial charge in [-0.15, -0.1) is 11.3 Å². The number of ether oxygens (including phenoxy) is 1. The molecule has 0 spiro atoms. The van der Waals surface area contributed by atoms with Gasteiger partial charge in [-0.1, -0.05) is 38.0 Å². The maximum absolute atomic E-state index is 13.9. The smallest absolute Gasteiger partial charge is 0.345 e. The average molecular weight is 499 g/mol. The zero-order valence-electron chi connectivity index (χ0n) is 19.0. The third-order valence-electron chi connectivity index (χ3n) is 6.54. The Hall–Kier alpha value is -2.88. The number of aromatic carboxylic acids is 1. The van der Waals surface area contributed by atoms with Crippen molar-refractivity contribution in [3.63, 3.8) is 0 Å². The van der Waals surface area contributed by atoms with Gasteiger partial charge < -0.3 is 14.7 Å². The van der Waals surface area contributed by atoms with E-state index in [1.807, 2.05) is 30.3 Å². The Labute approximate surface area is 203 Å². The predicted octanol–water partition coefficient (Wildman–Crippen LogP) is 5.34. The van der Waals surface area contributed by atoms with Crippen molar-refractivity contribution in [2.24, 2.45) is 0 Å². The highest BCUT2D eigenvalue weighted by Gasteiger charge is 2.38. The number of hydrogen-bond donors (Lipinski definition) is 1. The Morgan fingerprint density at radius 2 is 1.94 bits per heavy atom. The van der Waals surface area contributed by atoms with Crippen LogP contribution in [0.3, 0.4) is 0 Å². The van der Waals surface area contributed by atoms with E-state index < -0.39 is 16.0 Å². The molecule has 5 rings (SSSR count). The minimum Gasteiger partial charge on any atom is -0.487 e. The number of unbranched alkanes of at least 4 members (excludes halogenated alkanes) is 1. The molecule has 3 aromatic rings. The standard InChI is InChI=1S/C25H26N2O5S2/c1-3-4-8-17-14-27(16-9-6-5-7-10-16)20-13-21-18(12-24(20)34(30,31)26(17)2)19-11-22(25(28)29)33-23(19)15-32-21/h5-7,9-13,17H,3-4,8,14-15H2,1-2H3,(H,28,29)/t17-/m1/s1. The molecule has 1 atom stereocenters. The molecule has 7 nitrogen and oxygen atoms in total. The summed E-state index contributed by atoms with van der Waals surface area (Å²) in [7, 11) is -2.14. The number of carboxylic acid groups (broad SMARTS) is 1. The normalized spacial score (nSPS) is 18.9. The SMILES string of the molecule is CCCC[C@@H]1CN(c2ccccc2)c2cc3c(cc2S(=O)(=O)N1C)-c1cc(C(=O)O)sc1CO3. The number of sulfonamides is 1. The van der Waals surface area contributed by atoms with Crippen molar-refractivity contribution in [2.75, 3.05) is 18.5 Å². The highest BCUT2D eigenvalue weighted by atomic mass is 32.2. The van der Waals surface area contributed by atoms with Gasteiger partial charge in [0.25, 0.3) is 0 Å². The minimum absolute atomic E-state index is 0.189. The molecule has 0 unspecified atom stereocenters. The van der Waals surface area contributed by atoms with E-state index in [1.54, 1.807) is 25.2 Å². The molecule has 3 heterocycles. The number of fused-ring (bicyclic) bond motifs is 4. The van der Waals surface area contributed by atoms with Crippen LogP contribution in [0.4, 0.5) is 11.4 Å². The molecule has 0 radical (unpaired) electrons. The number of benzene rings is 2. The molecule has 0 saturated heterocycles. The van der Waals surface area contributed by atoms with E-state index in [9.17, 15) is 18.3 Å². The zero-order chi connectivity index (χ0) is 24.0. The van der Waals surface area contributed by atoms with E-state index in [4.69, 9.17) is 4.74 Å². The highest BCUT2D eigenvalue weighted by molar-refractivity contribution is 7.89. The van der Waals surface area contributed by atoms with Crippen molar-refractivity contribution >= 4 is 38.7 Å². The van der Waals surface area contributed by atoms with E-state index in [1.165, 1.54) is 4.31 Å². The molecule has 0 bridgehead atoms. The number of nitrogens with zero attached hydrogens (tertiary/aromatic N) is 2. The summed E-state index contributed by atoms with van der Waals surface area (Å²) >= 11 is 1.16. The van der Waals surface area contributed by atoms with Gasteiger partial charge in [0.05, 0.1) is 10.6 Å². The van der Waals surface area contributed by atoms with Gasteiger partial charge in [0.2, 0.25) is 10.0 Å². The fourth-order valence-corrected chi connectivity index (χ4v) is 7.15. The average Bonchev–Trinajstić information content (AvgIpc) is 3.26. The maximum Gasteiger partial charge on any atom is 0.345 e. The lowest BCUT2D eigenvalue weighted by Gasteiger charge is -2.30. The maximum atomic E-state index is 13.9. The van der Waals surface area contributed by atoms with E-state index in [2.05, 4.69) is 11.8 Å². The van der Waals surface area contributed by atoms with Gasteiger partial charge in [0, 0.05) is 42.5 Å². The highest BCUT2D eigenvalue weighted by Crippen LogP contribution is 2.48. The lowest BCUT2D eigenvalue weighted by atomic mass is 10.0. The first-order chi connectivity index (χ1) is 16.3. The Morgan fingerprint density at radius 1 is 1.18 bits per heavy atom. The largest absolute Gasteiger partial charge is 0.487 e. The Balaban J connectivity index is 1.72. The summed E-state index contributed by atoms with van der Waals surface area (Å²) in [6.45, 7) is 2.89. The summed E-state index contributed by atoms with van der Waals surface area (Å²) in [5.41, 5.74) is 2.83.